The van der Waals surface area contributed by atoms with Crippen LogP contribution in [0.25, 0.3) is 0 Å². The molecule has 0 aliphatic rings. The average molecular weight is 237 g/mol. The molecule has 0 radical (unpaired) electrons. The Morgan fingerprint density at radius 2 is 2.06 bits per heavy atom. The number of hydrogen-bond acceptors (Lipinski definition) is 3. The number of hydrogen-bond donors (Lipinski definition) is 3. The molecule has 0 aliphatic heterocycles. The molecule has 0 fully saturated rings. The predicted octanol–water partition coefficient (Wildman–Crippen LogP) is 1.08. The van der Waals surface area contributed by atoms with Gasteiger partial charge in [0.05, 0.1) is 6.54 Å². The molecule has 17 heavy (non-hydrogen) atoms. The van der Waals surface area contributed by atoms with Gasteiger partial charge in [-0.25, -0.2) is 0 Å². The maximum Gasteiger partial charge on any atom is 0.239 e. The molecule has 4 N–H and O–H groups in total. The lowest BCUT2D eigenvalue weighted by molar-refractivity contribution is -0.119. The van der Waals surface area contributed by atoms with Crippen LogP contribution in [0, 0.1) is 0 Å². The molecule has 4 nitrogen and oxygen atoms in total. The lowest BCUT2D eigenvalue weighted by atomic mass is 10.1. The van der Waals surface area contributed by atoms with E-state index in [2.05, 4.69) is 30.4 Å². The number of carbonyl (C=O) groups excluding carboxylic acids is 1. The highest BCUT2D eigenvalue weighted by molar-refractivity contribution is 5.78. The monoisotopic (exact) mass is 237 g/mol. The first-order chi connectivity index (χ1) is 7.97. The average Bonchev–Trinajstić information content (AvgIpc) is 2.30. The van der Waals surface area contributed by atoms with E-state index in [0.29, 0.717) is 6.54 Å². The summed E-state index contributed by atoms with van der Waals surface area (Å²) < 4.78 is 0. The van der Waals surface area contributed by atoms with Gasteiger partial charge in [-0.2, -0.15) is 0 Å². The summed E-state index contributed by atoms with van der Waals surface area (Å²) >= 11 is 0. The quantitative estimate of drug-likeness (QED) is 0.526. The van der Waals surface area contributed by atoms with Crippen molar-refractivity contribution >= 4 is 5.91 Å². The zero-order valence-corrected chi connectivity index (χ0v) is 10.6. The normalized spacial score (nSPS) is 11.4. The van der Waals surface area contributed by atoms with Crippen LogP contribution in [0.1, 0.15) is 19.8 Å². The summed E-state index contributed by atoms with van der Waals surface area (Å²) in [7, 11) is 0. The summed E-state index contributed by atoms with van der Waals surface area (Å²) in [4.78, 5) is 11.3. The molecule has 4 heteroatoms. The molecule has 0 heterocycles. The lowest BCUT2D eigenvalue weighted by Gasteiger charge is -2.13. The SMILES string of the molecule is C=CCNC(=O)CNC(=C)CC[C@H](N)C(=C)C. The number of amides is 1. The van der Waals surface area contributed by atoms with E-state index in [-0.39, 0.29) is 18.5 Å². The summed E-state index contributed by atoms with van der Waals surface area (Å²) in [5.74, 6) is -0.0738. The number of nitrogens with two attached hydrogens (primary N) is 1. The van der Waals surface area contributed by atoms with Gasteiger partial charge in [0.25, 0.3) is 0 Å². The van der Waals surface area contributed by atoms with Gasteiger partial charge in [0.1, 0.15) is 0 Å². The molecule has 1 atom stereocenters. The Morgan fingerprint density at radius 1 is 1.41 bits per heavy atom. The molecule has 96 valence electrons. The van der Waals surface area contributed by atoms with Gasteiger partial charge >= 0.3 is 0 Å². The van der Waals surface area contributed by atoms with Gasteiger partial charge in [0.15, 0.2) is 0 Å². The fraction of sp³-hybridized carbons (Fsp3) is 0.462. The van der Waals surface area contributed by atoms with E-state index < -0.39 is 0 Å². The molecule has 0 aromatic rings. The van der Waals surface area contributed by atoms with Crippen LogP contribution in [0.3, 0.4) is 0 Å². The Labute approximate surface area is 104 Å². The van der Waals surface area contributed by atoms with Crippen LogP contribution < -0.4 is 16.4 Å². The summed E-state index contributed by atoms with van der Waals surface area (Å²) in [6.45, 7) is 13.8. The first-order valence-corrected chi connectivity index (χ1v) is 5.67. The van der Waals surface area contributed by atoms with Crippen molar-refractivity contribution in [3.8, 4) is 0 Å². The first-order valence-electron chi connectivity index (χ1n) is 5.67. The number of rotatable bonds is 9. The molecule has 0 spiro atoms. The standard InChI is InChI=1S/C13H23N3O/c1-5-8-15-13(17)9-16-11(4)6-7-12(14)10(2)3/h5,12,16H,1-2,4,6-9,14H2,3H3,(H,15,17)/t12-/m0/s1. The largest absolute Gasteiger partial charge is 0.380 e. The summed E-state index contributed by atoms with van der Waals surface area (Å²) in [5, 5.41) is 5.63. The molecular formula is C13H23N3O. The number of carbonyl (C=O) groups is 1. The molecular weight excluding hydrogens is 214 g/mol. The molecule has 0 aromatic heterocycles. The molecule has 0 rings (SSSR count). The van der Waals surface area contributed by atoms with E-state index in [1.165, 1.54) is 0 Å². The highest BCUT2D eigenvalue weighted by atomic mass is 16.1. The van der Waals surface area contributed by atoms with E-state index in [0.717, 1.165) is 24.1 Å². The number of allylic oxidation sites excluding steroid dienone is 1. The second kappa shape index (κ2) is 8.58. The summed E-state index contributed by atoms with van der Waals surface area (Å²) in [6, 6.07) is -0.0110. The van der Waals surface area contributed by atoms with Gasteiger partial charge in [-0.3, -0.25) is 4.79 Å². The van der Waals surface area contributed by atoms with Crippen molar-refractivity contribution in [1.82, 2.24) is 10.6 Å². The van der Waals surface area contributed by atoms with Crippen molar-refractivity contribution in [2.45, 2.75) is 25.8 Å². The molecule has 0 aliphatic carbocycles. The van der Waals surface area contributed by atoms with Crippen molar-refractivity contribution in [3.63, 3.8) is 0 Å². The van der Waals surface area contributed by atoms with Crippen LogP contribution in [0.4, 0.5) is 0 Å². The molecule has 0 saturated carbocycles. The third-order valence-corrected chi connectivity index (χ3v) is 2.33. The van der Waals surface area contributed by atoms with Crippen LogP contribution >= 0.6 is 0 Å². The minimum absolute atomic E-state index is 0.0110. The fourth-order valence-corrected chi connectivity index (χ4v) is 1.12. The van der Waals surface area contributed by atoms with Crippen molar-refractivity contribution in [2.75, 3.05) is 13.1 Å². The minimum atomic E-state index is -0.0738. The van der Waals surface area contributed by atoms with Gasteiger partial charge in [0, 0.05) is 18.3 Å². The van der Waals surface area contributed by atoms with Crippen LogP contribution in [0.2, 0.25) is 0 Å². The van der Waals surface area contributed by atoms with E-state index in [9.17, 15) is 4.79 Å². The second-order valence-electron chi connectivity index (χ2n) is 4.04. The molecule has 0 unspecified atom stereocenters. The van der Waals surface area contributed by atoms with Crippen molar-refractivity contribution in [3.05, 3.63) is 37.1 Å². The van der Waals surface area contributed by atoms with E-state index in [4.69, 9.17) is 5.73 Å². The van der Waals surface area contributed by atoms with Crippen molar-refractivity contribution in [1.29, 1.82) is 0 Å². The third kappa shape index (κ3) is 8.28. The Balaban J connectivity index is 3.69. The van der Waals surface area contributed by atoms with Crippen molar-refractivity contribution in [2.24, 2.45) is 5.73 Å². The van der Waals surface area contributed by atoms with Crippen molar-refractivity contribution < 1.29 is 4.79 Å². The third-order valence-electron chi connectivity index (χ3n) is 2.33. The van der Waals surface area contributed by atoms with Gasteiger partial charge in [-0.1, -0.05) is 24.8 Å². The van der Waals surface area contributed by atoms with Crippen LogP contribution in [0.15, 0.2) is 37.1 Å². The van der Waals surface area contributed by atoms with E-state index in [1.807, 2.05) is 6.92 Å². The fourth-order valence-electron chi connectivity index (χ4n) is 1.12. The number of nitrogens with one attached hydrogen (secondary N) is 2. The molecule has 0 bridgehead atoms. The molecule has 0 aromatic carbocycles. The second-order valence-corrected chi connectivity index (χ2v) is 4.04. The van der Waals surface area contributed by atoms with Gasteiger partial charge in [-0.05, 0) is 19.8 Å². The Bertz CT molecular complexity index is 297. The Hall–Kier alpha value is -1.55. The highest BCUT2D eigenvalue weighted by Crippen LogP contribution is 2.06. The highest BCUT2D eigenvalue weighted by Gasteiger charge is 2.05. The maximum atomic E-state index is 11.3. The van der Waals surface area contributed by atoms with Crippen LogP contribution in [-0.2, 0) is 4.79 Å². The topological polar surface area (TPSA) is 67.2 Å². The maximum absolute atomic E-state index is 11.3. The van der Waals surface area contributed by atoms with E-state index >= 15 is 0 Å². The smallest absolute Gasteiger partial charge is 0.239 e. The van der Waals surface area contributed by atoms with E-state index in [1.54, 1.807) is 6.08 Å². The zero-order chi connectivity index (χ0) is 13.3. The zero-order valence-electron chi connectivity index (χ0n) is 10.6. The van der Waals surface area contributed by atoms with Gasteiger partial charge in [-0.15, -0.1) is 6.58 Å². The molecule has 0 saturated heterocycles. The van der Waals surface area contributed by atoms with Gasteiger partial charge in [0.2, 0.25) is 5.91 Å². The Kier molecular flexibility index (Phi) is 7.80. The summed E-state index contributed by atoms with van der Waals surface area (Å²) in [5.41, 5.74) is 7.60. The van der Waals surface area contributed by atoms with Gasteiger partial charge < -0.3 is 16.4 Å². The van der Waals surface area contributed by atoms with Crippen LogP contribution in [-0.4, -0.2) is 25.0 Å². The predicted molar refractivity (Wildman–Crippen MR) is 72.4 cm³/mol. The first kappa shape index (κ1) is 15.4. The minimum Gasteiger partial charge on any atom is -0.380 e. The summed E-state index contributed by atoms with van der Waals surface area (Å²) in [6.07, 6.45) is 3.16. The molecule has 1 amide bonds. The Morgan fingerprint density at radius 3 is 2.59 bits per heavy atom. The lowest BCUT2D eigenvalue weighted by Crippen LogP contribution is -2.33. The van der Waals surface area contributed by atoms with Crippen LogP contribution in [0.5, 0.6) is 0 Å².